The lowest BCUT2D eigenvalue weighted by atomic mass is 9.69. The van der Waals surface area contributed by atoms with Crippen molar-refractivity contribution in [2.45, 2.75) is 58.5 Å². The maximum Gasteiger partial charge on any atom is 0.0601 e. The highest BCUT2D eigenvalue weighted by Gasteiger charge is 2.42. The van der Waals surface area contributed by atoms with Crippen molar-refractivity contribution < 1.29 is 5.11 Å². The van der Waals surface area contributed by atoms with Gasteiger partial charge in [-0.2, -0.15) is 0 Å². The normalized spacial score (nSPS) is 35.8. The van der Waals surface area contributed by atoms with Crippen molar-refractivity contribution in [1.29, 1.82) is 0 Å². The van der Waals surface area contributed by atoms with Gasteiger partial charge in [0.25, 0.3) is 0 Å². The van der Waals surface area contributed by atoms with Crippen LogP contribution in [0.2, 0.25) is 0 Å². The summed E-state index contributed by atoms with van der Waals surface area (Å²) in [6, 6.07) is 0. The second-order valence-corrected chi connectivity index (χ2v) is 5.67. The Morgan fingerprint density at radius 3 is 2.23 bits per heavy atom. The molecular weight excluding hydrogens is 160 g/mol. The molecule has 2 saturated carbocycles. The predicted octanol–water partition coefficient (Wildman–Crippen LogP) is 2.97. The zero-order valence-corrected chi connectivity index (χ0v) is 8.92. The highest BCUT2D eigenvalue weighted by atomic mass is 16.3. The van der Waals surface area contributed by atoms with Crippen molar-refractivity contribution in [2.75, 3.05) is 0 Å². The van der Waals surface area contributed by atoms with E-state index < -0.39 is 0 Å². The summed E-state index contributed by atoms with van der Waals surface area (Å²) >= 11 is 0. The van der Waals surface area contributed by atoms with Gasteiger partial charge in [0.05, 0.1) is 6.10 Å². The minimum atomic E-state index is 0.00579. The van der Waals surface area contributed by atoms with Crippen LogP contribution in [0.3, 0.4) is 0 Å². The van der Waals surface area contributed by atoms with Crippen LogP contribution in [-0.4, -0.2) is 11.2 Å². The van der Waals surface area contributed by atoms with E-state index in [2.05, 4.69) is 13.8 Å². The van der Waals surface area contributed by atoms with Crippen molar-refractivity contribution in [3.05, 3.63) is 0 Å². The van der Waals surface area contributed by atoms with Gasteiger partial charge in [0.15, 0.2) is 0 Å². The summed E-state index contributed by atoms with van der Waals surface area (Å²) in [4.78, 5) is 0. The third-order valence-electron chi connectivity index (χ3n) is 4.39. The van der Waals surface area contributed by atoms with Gasteiger partial charge < -0.3 is 5.11 Å². The number of aliphatic hydroxyl groups is 1. The van der Waals surface area contributed by atoms with Crippen LogP contribution in [0.15, 0.2) is 0 Å². The molecule has 13 heavy (non-hydrogen) atoms. The first-order chi connectivity index (χ1) is 6.11. The van der Waals surface area contributed by atoms with Crippen molar-refractivity contribution in [1.82, 2.24) is 0 Å². The Morgan fingerprint density at radius 1 is 1.15 bits per heavy atom. The molecule has 2 rings (SSSR count). The van der Waals surface area contributed by atoms with Gasteiger partial charge in [0.2, 0.25) is 0 Å². The first-order valence-corrected chi connectivity index (χ1v) is 5.79. The molecule has 0 amide bonds. The summed E-state index contributed by atoms with van der Waals surface area (Å²) in [5, 5.41) is 10.2. The van der Waals surface area contributed by atoms with Crippen LogP contribution in [0.1, 0.15) is 52.4 Å². The fraction of sp³-hybridized carbons (Fsp3) is 1.00. The third-order valence-corrected chi connectivity index (χ3v) is 4.39. The van der Waals surface area contributed by atoms with Gasteiger partial charge in [-0.1, -0.05) is 26.7 Å². The molecule has 0 aromatic rings. The smallest absolute Gasteiger partial charge is 0.0601 e. The van der Waals surface area contributed by atoms with E-state index in [0.717, 1.165) is 0 Å². The van der Waals surface area contributed by atoms with Crippen LogP contribution in [0.4, 0.5) is 0 Å². The largest absolute Gasteiger partial charge is 0.393 e. The summed E-state index contributed by atoms with van der Waals surface area (Å²) in [7, 11) is 0. The zero-order chi connectivity index (χ0) is 9.47. The molecule has 0 bridgehead atoms. The third kappa shape index (κ3) is 1.63. The second-order valence-electron chi connectivity index (χ2n) is 5.67. The van der Waals surface area contributed by atoms with E-state index in [1.54, 1.807) is 0 Å². The molecule has 0 radical (unpaired) electrons. The summed E-state index contributed by atoms with van der Waals surface area (Å²) in [5.74, 6) is 1.22. The Morgan fingerprint density at radius 2 is 1.85 bits per heavy atom. The van der Waals surface area contributed by atoms with Crippen LogP contribution >= 0.6 is 0 Å². The quantitative estimate of drug-likeness (QED) is 0.696. The molecule has 0 spiro atoms. The molecule has 2 aliphatic carbocycles. The van der Waals surface area contributed by atoms with E-state index in [1.807, 2.05) is 0 Å². The summed E-state index contributed by atoms with van der Waals surface area (Å²) in [6.45, 7) is 4.65. The molecule has 0 aromatic heterocycles. The molecule has 0 heterocycles. The van der Waals surface area contributed by atoms with Crippen LogP contribution in [0.25, 0.3) is 0 Å². The maximum atomic E-state index is 10.2. The van der Waals surface area contributed by atoms with Gasteiger partial charge in [0, 0.05) is 0 Å². The molecule has 0 saturated heterocycles. The SMILES string of the molecule is CC1(C)CCCC1C(O)C1CCC1. The molecule has 2 aliphatic rings. The highest BCUT2D eigenvalue weighted by Crippen LogP contribution is 2.48. The van der Waals surface area contributed by atoms with Crippen molar-refractivity contribution in [3.8, 4) is 0 Å². The molecule has 1 nitrogen and oxygen atoms in total. The maximum absolute atomic E-state index is 10.2. The fourth-order valence-corrected chi connectivity index (χ4v) is 3.10. The molecular formula is C12H22O. The monoisotopic (exact) mass is 182 g/mol. The van der Waals surface area contributed by atoms with E-state index in [0.29, 0.717) is 17.3 Å². The van der Waals surface area contributed by atoms with Crippen LogP contribution < -0.4 is 0 Å². The topological polar surface area (TPSA) is 20.2 Å². The Labute approximate surface area is 81.5 Å². The van der Waals surface area contributed by atoms with Crippen molar-refractivity contribution >= 4 is 0 Å². The first-order valence-electron chi connectivity index (χ1n) is 5.79. The number of rotatable bonds is 2. The Kier molecular flexibility index (Phi) is 2.39. The van der Waals surface area contributed by atoms with Gasteiger partial charge in [-0.05, 0) is 42.9 Å². The average Bonchev–Trinajstić information content (AvgIpc) is 2.25. The Balaban J connectivity index is 1.98. The van der Waals surface area contributed by atoms with Crippen LogP contribution in [0, 0.1) is 17.3 Å². The molecule has 76 valence electrons. The van der Waals surface area contributed by atoms with E-state index in [9.17, 15) is 5.11 Å². The molecule has 1 heteroatoms. The molecule has 2 atom stereocenters. The van der Waals surface area contributed by atoms with Crippen molar-refractivity contribution in [3.63, 3.8) is 0 Å². The predicted molar refractivity (Wildman–Crippen MR) is 54.5 cm³/mol. The van der Waals surface area contributed by atoms with Gasteiger partial charge in [-0.3, -0.25) is 0 Å². The Bertz CT molecular complexity index is 182. The standard InChI is InChI=1S/C12H22O/c1-12(2)8-4-7-10(12)11(13)9-5-3-6-9/h9-11,13H,3-8H2,1-2H3. The number of hydrogen-bond acceptors (Lipinski definition) is 1. The molecule has 0 aliphatic heterocycles. The fourth-order valence-electron chi connectivity index (χ4n) is 3.10. The van der Waals surface area contributed by atoms with E-state index in [-0.39, 0.29) is 6.10 Å². The second kappa shape index (κ2) is 3.27. The van der Waals surface area contributed by atoms with Crippen LogP contribution in [0.5, 0.6) is 0 Å². The lowest BCUT2D eigenvalue weighted by Gasteiger charge is -2.39. The molecule has 0 aromatic carbocycles. The van der Waals surface area contributed by atoms with E-state index >= 15 is 0 Å². The first kappa shape index (κ1) is 9.51. The highest BCUT2D eigenvalue weighted by molar-refractivity contribution is 4.93. The van der Waals surface area contributed by atoms with Gasteiger partial charge in [-0.15, -0.1) is 0 Å². The zero-order valence-electron chi connectivity index (χ0n) is 8.92. The number of hydrogen-bond donors (Lipinski definition) is 1. The van der Waals surface area contributed by atoms with Crippen molar-refractivity contribution in [2.24, 2.45) is 17.3 Å². The van der Waals surface area contributed by atoms with Crippen LogP contribution in [-0.2, 0) is 0 Å². The lowest BCUT2D eigenvalue weighted by Crippen LogP contribution is -2.38. The summed E-state index contributed by atoms with van der Waals surface area (Å²) in [6.07, 6.45) is 7.77. The van der Waals surface area contributed by atoms with E-state index in [4.69, 9.17) is 0 Å². The summed E-state index contributed by atoms with van der Waals surface area (Å²) < 4.78 is 0. The van der Waals surface area contributed by atoms with Gasteiger partial charge >= 0.3 is 0 Å². The Hall–Kier alpha value is -0.0400. The summed E-state index contributed by atoms with van der Waals surface area (Å²) in [5.41, 5.74) is 0.398. The minimum Gasteiger partial charge on any atom is -0.393 e. The number of aliphatic hydroxyl groups excluding tert-OH is 1. The van der Waals surface area contributed by atoms with E-state index in [1.165, 1.54) is 38.5 Å². The van der Waals surface area contributed by atoms with Gasteiger partial charge in [0.1, 0.15) is 0 Å². The average molecular weight is 182 g/mol. The molecule has 1 N–H and O–H groups in total. The molecule has 2 unspecified atom stereocenters. The minimum absolute atomic E-state index is 0.00579. The molecule has 2 fully saturated rings. The van der Waals surface area contributed by atoms with Gasteiger partial charge in [-0.25, -0.2) is 0 Å². The lowest BCUT2D eigenvalue weighted by molar-refractivity contribution is -0.0183.